The molecule has 3 aliphatic rings. The third-order valence-electron chi connectivity index (χ3n) is 4.26. The Morgan fingerprint density at radius 2 is 2.21 bits per heavy atom. The van der Waals surface area contributed by atoms with Crippen molar-refractivity contribution in [2.45, 2.75) is 32.3 Å². The molecule has 2 fully saturated rings. The largest absolute Gasteiger partial charge is 0.462 e. The molecule has 2 saturated carbocycles. The second-order valence-corrected chi connectivity index (χ2v) is 4.95. The van der Waals surface area contributed by atoms with Gasteiger partial charge in [-0.1, -0.05) is 12.2 Å². The van der Waals surface area contributed by atoms with Gasteiger partial charge in [-0.15, -0.1) is 0 Å². The van der Waals surface area contributed by atoms with E-state index in [0.717, 1.165) is 24.2 Å². The topological polar surface area (TPSA) is 26.3 Å². The van der Waals surface area contributed by atoms with Crippen molar-refractivity contribution < 1.29 is 9.53 Å². The first-order valence-corrected chi connectivity index (χ1v) is 5.59. The number of rotatable bonds is 1. The fourth-order valence-corrected chi connectivity index (χ4v) is 3.84. The van der Waals surface area contributed by atoms with Gasteiger partial charge in [0.05, 0.1) is 0 Å². The van der Waals surface area contributed by atoms with Gasteiger partial charge in [-0.05, 0) is 42.9 Å². The summed E-state index contributed by atoms with van der Waals surface area (Å²) in [4.78, 5) is 10.9. The number of carbonyl (C=O) groups is 1. The zero-order valence-electron chi connectivity index (χ0n) is 8.48. The number of fused-ring (bicyclic) bond motifs is 5. The number of hydrogen-bond donors (Lipinski definition) is 0. The highest BCUT2D eigenvalue weighted by atomic mass is 16.5. The highest BCUT2D eigenvalue weighted by Crippen LogP contribution is 2.57. The van der Waals surface area contributed by atoms with Gasteiger partial charge in [-0.3, -0.25) is 4.79 Å². The van der Waals surface area contributed by atoms with Gasteiger partial charge in [-0.25, -0.2) is 0 Å². The molecule has 2 bridgehead atoms. The predicted molar refractivity (Wildman–Crippen MR) is 52.5 cm³/mol. The Kier molecular flexibility index (Phi) is 1.73. The molecule has 0 amide bonds. The van der Waals surface area contributed by atoms with Crippen molar-refractivity contribution >= 4 is 5.97 Å². The molecule has 2 heteroatoms. The van der Waals surface area contributed by atoms with Gasteiger partial charge >= 0.3 is 5.97 Å². The molecule has 0 aromatic carbocycles. The Labute approximate surface area is 84.3 Å². The summed E-state index contributed by atoms with van der Waals surface area (Å²) < 4.78 is 5.39. The zero-order valence-corrected chi connectivity index (χ0v) is 8.48. The lowest BCUT2D eigenvalue weighted by molar-refractivity contribution is -0.150. The molecule has 0 aliphatic heterocycles. The van der Waals surface area contributed by atoms with Crippen LogP contribution in [0.1, 0.15) is 26.2 Å². The van der Waals surface area contributed by atoms with Crippen LogP contribution in [-0.4, -0.2) is 12.1 Å². The van der Waals surface area contributed by atoms with Gasteiger partial charge in [0.1, 0.15) is 6.10 Å². The Hall–Kier alpha value is -0.790. The molecular formula is C12H16O2. The van der Waals surface area contributed by atoms with E-state index in [2.05, 4.69) is 12.2 Å². The van der Waals surface area contributed by atoms with E-state index >= 15 is 0 Å². The maximum atomic E-state index is 10.9. The van der Waals surface area contributed by atoms with Crippen molar-refractivity contribution in [2.75, 3.05) is 0 Å². The van der Waals surface area contributed by atoms with Crippen LogP contribution in [0.3, 0.4) is 0 Å². The first-order chi connectivity index (χ1) is 6.75. The standard InChI is InChI=1S/C12H16O2/c1-7(13)14-12-6-8-5-11(12)10-4-2-3-9(8)10/h2-3,8-12H,4-6H2,1H3/t8-,9?,10?,11-,12+/m0/s1. The van der Waals surface area contributed by atoms with Gasteiger partial charge in [0, 0.05) is 6.92 Å². The van der Waals surface area contributed by atoms with Crippen LogP contribution in [0.4, 0.5) is 0 Å². The highest BCUT2D eigenvalue weighted by molar-refractivity contribution is 5.66. The third kappa shape index (κ3) is 1.06. The molecule has 0 spiro atoms. The summed E-state index contributed by atoms with van der Waals surface area (Å²) in [6, 6.07) is 0. The smallest absolute Gasteiger partial charge is 0.302 e. The van der Waals surface area contributed by atoms with Gasteiger partial charge in [0.25, 0.3) is 0 Å². The van der Waals surface area contributed by atoms with E-state index in [4.69, 9.17) is 4.74 Å². The lowest BCUT2D eigenvalue weighted by Crippen LogP contribution is -2.31. The monoisotopic (exact) mass is 192 g/mol. The second kappa shape index (κ2) is 2.85. The van der Waals surface area contributed by atoms with Crippen LogP contribution in [0.15, 0.2) is 12.2 Å². The van der Waals surface area contributed by atoms with Gasteiger partial charge in [-0.2, -0.15) is 0 Å². The van der Waals surface area contributed by atoms with E-state index in [0.29, 0.717) is 5.92 Å². The lowest BCUT2D eigenvalue weighted by Gasteiger charge is -2.30. The number of hydrogen-bond acceptors (Lipinski definition) is 2. The first-order valence-electron chi connectivity index (χ1n) is 5.59. The van der Waals surface area contributed by atoms with Crippen LogP contribution in [-0.2, 0) is 9.53 Å². The van der Waals surface area contributed by atoms with Gasteiger partial charge in [0.15, 0.2) is 0 Å². The predicted octanol–water partition coefficient (Wildman–Crippen LogP) is 2.15. The van der Waals surface area contributed by atoms with E-state index < -0.39 is 0 Å². The fourth-order valence-electron chi connectivity index (χ4n) is 3.84. The van der Waals surface area contributed by atoms with Crippen LogP contribution >= 0.6 is 0 Å². The van der Waals surface area contributed by atoms with Gasteiger partial charge in [0.2, 0.25) is 0 Å². The maximum absolute atomic E-state index is 10.9. The van der Waals surface area contributed by atoms with E-state index in [1.165, 1.54) is 19.8 Å². The summed E-state index contributed by atoms with van der Waals surface area (Å²) >= 11 is 0. The molecule has 0 radical (unpaired) electrons. The number of allylic oxidation sites excluding steroid dienone is 2. The number of ether oxygens (including phenoxy) is 1. The first kappa shape index (κ1) is 8.51. The Bertz CT molecular complexity index is 295. The maximum Gasteiger partial charge on any atom is 0.302 e. The molecule has 0 aromatic heterocycles. The summed E-state index contributed by atoms with van der Waals surface area (Å²) in [6.45, 7) is 1.52. The summed E-state index contributed by atoms with van der Waals surface area (Å²) in [7, 11) is 0. The van der Waals surface area contributed by atoms with E-state index in [-0.39, 0.29) is 12.1 Å². The van der Waals surface area contributed by atoms with E-state index in [1.807, 2.05) is 0 Å². The molecule has 14 heavy (non-hydrogen) atoms. The molecule has 0 aromatic rings. The van der Waals surface area contributed by atoms with E-state index in [9.17, 15) is 4.79 Å². The quantitative estimate of drug-likeness (QED) is 0.470. The van der Waals surface area contributed by atoms with Crippen LogP contribution in [0.2, 0.25) is 0 Å². The SMILES string of the molecule is CC(=O)O[C@@H]1C[C@@H]2C[C@H]1C1CC=CC12. The zero-order chi connectivity index (χ0) is 9.71. The molecule has 2 unspecified atom stereocenters. The fraction of sp³-hybridized carbons (Fsp3) is 0.750. The van der Waals surface area contributed by atoms with Crippen LogP contribution in [0, 0.1) is 23.7 Å². The Morgan fingerprint density at radius 3 is 3.00 bits per heavy atom. The molecule has 0 saturated heterocycles. The minimum absolute atomic E-state index is 0.106. The highest BCUT2D eigenvalue weighted by Gasteiger charge is 2.53. The van der Waals surface area contributed by atoms with Crippen molar-refractivity contribution in [3.05, 3.63) is 12.2 Å². The third-order valence-corrected chi connectivity index (χ3v) is 4.26. The van der Waals surface area contributed by atoms with Crippen molar-refractivity contribution in [3.8, 4) is 0 Å². The summed E-state index contributed by atoms with van der Waals surface area (Å²) in [5.74, 6) is 2.95. The van der Waals surface area contributed by atoms with Crippen molar-refractivity contribution in [2.24, 2.45) is 23.7 Å². The van der Waals surface area contributed by atoms with Crippen LogP contribution in [0.5, 0.6) is 0 Å². The second-order valence-electron chi connectivity index (χ2n) is 4.95. The molecule has 2 nitrogen and oxygen atoms in total. The van der Waals surface area contributed by atoms with Crippen molar-refractivity contribution in [1.82, 2.24) is 0 Å². The molecule has 5 atom stereocenters. The average molecular weight is 192 g/mol. The average Bonchev–Trinajstić information content (AvgIpc) is 2.68. The molecule has 0 heterocycles. The Balaban J connectivity index is 1.75. The van der Waals surface area contributed by atoms with Crippen LogP contribution < -0.4 is 0 Å². The van der Waals surface area contributed by atoms with E-state index in [1.54, 1.807) is 0 Å². The summed E-state index contributed by atoms with van der Waals surface area (Å²) in [5.41, 5.74) is 0. The summed E-state index contributed by atoms with van der Waals surface area (Å²) in [6.07, 6.45) is 8.54. The van der Waals surface area contributed by atoms with Gasteiger partial charge < -0.3 is 4.74 Å². The minimum Gasteiger partial charge on any atom is -0.462 e. The lowest BCUT2D eigenvalue weighted by atomic mass is 9.80. The number of carbonyl (C=O) groups excluding carboxylic acids is 1. The number of esters is 1. The molecule has 3 aliphatic carbocycles. The molecule has 3 rings (SSSR count). The Morgan fingerprint density at radius 1 is 1.36 bits per heavy atom. The minimum atomic E-state index is -0.106. The molecular weight excluding hydrogens is 176 g/mol. The van der Waals surface area contributed by atoms with Crippen molar-refractivity contribution in [3.63, 3.8) is 0 Å². The summed E-state index contributed by atoms with van der Waals surface area (Å²) in [5, 5.41) is 0. The van der Waals surface area contributed by atoms with Crippen LogP contribution in [0.25, 0.3) is 0 Å². The van der Waals surface area contributed by atoms with Crippen molar-refractivity contribution in [1.29, 1.82) is 0 Å². The normalized spacial score (nSPS) is 48.2. The molecule has 0 N–H and O–H groups in total. The molecule has 76 valence electrons.